The summed E-state index contributed by atoms with van der Waals surface area (Å²) in [5, 5.41) is 9.20. The maximum Gasteiger partial charge on any atom is 0.319 e. The van der Waals surface area contributed by atoms with Crippen molar-refractivity contribution in [2.45, 2.75) is 18.4 Å². The monoisotopic (exact) mass is 470 g/mol. The first-order chi connectivity index (χ1) is 15.4. The van der Waals surface area contributed by atoms with Gasteiger partial charge in [-0.25, -0.2) is 4.79 Å². The number of anilines is 1. The molecule has 3 amide bonds. The molecule has 1 saturated carbocycles. The van der Waals surface area contributed by atoms with Crippen molar-refractivity contribution in [1.29, 1.82) is 0 Å². The lowest BCUT2D eigenvalue weighted by Crippen LogP contribution is -2.38. The highest BCUT2D eigenvalue weighted by atomic mass is 35.5. The number of aromatic nitrogens is 1. The second kappa shape index (κ2) is 9.06. The molecule has 3 aromatic rings. The number of hydrogen-bond donors (Lipinski definition) is 3. The van der Waals surface area contributed by atoms with E-state index in [9.17, 15) is 9.59 Å². The Hall–Kier alpha value is -3.29. The fourth-order valence-electron chi connectivity index (χ4n) is 3.28. The van der Waals surface area contributed by atoms with Crippen LogP contribution in [-0.2, 0) is 5.54 Å². The maximum atomic E-state index is 12.5. The number of pyridine rings is 1. The fraction of sp³-hybridized carbons (Fsp3) is 0.174. The van der Waals surface area contributed by atoms with Crippen LogP contribution in [0.15, 0.2) is 60.8 Å². The van der Waals surface area contributed by atoms with Gasteiger partial charge in [0.05, 0.1) is 16.2 Å². The van der Waals surface area contributed by atoms with E-state index in [2.05, 4.69) is 20.9 Å². The number of halogens is 2. The quantitative estimate of drug-likeness (QED) is 0.452. The van der Waals surface area contributed by atoms with E-state index in [1.807, 2.05) is 24.3 Å². The van der Waals surface area contributed by atoms with Crippen molar-refractivity contribution in [2.75, 3.05) is 12.4 Å². The van der Waals surface area contributed by atoms with Crippen LogP contribution in [0, 0.1) is 0 Å². The van der Waals surface area contributed by atoms with Gasteiger partial charge in [0.25, 0.3) is 5.91 Å². The number of ether oxygens (including phenoxy) is 1. The van der Waals surface area contributed by atoms with Crippen LogP contribution < -0.4 is 20.7 Å². The van der Waals surface area contributed by atoms with Gasteiger partial charge in [0.1, 0.15) is 17.2 Å². The molecule has 0 atom stereocenters. The molecule has 1 aliphatic carbocycles. The molecule has 0 spiro atoms. The van der Waals surface area contributed by atoms with Crippen LogP contribution in [0.5, 0.6) is 11.5 Å². The third-order valence-electron chi connectivity index (χ3n) is 5.12. The Labute approximate surface area is 195 Å². The Balaban J connectivity index is 1.41. The molecule has 164 valence electrons. The number of hydrogen-bond acceptors (Lipinski definition) is 4. The average Bonchev–Trinajstić information content (AvgIpc) is 3.56. The zero-order valence-electron chi connectivity index (χ0n) is 17.1. The molecule has 1 fully saturated rings. The highest BCUT2D eigenvalue weighted by Crippen LogP contribution is 2.46. The van der Waals surface area contributed by atoms with Gasteiger partial charge in [-0.1, -0.05) is 35.3 Å². The minimum absolute atomic E-state index is 0.273. The fourth-order valence-corrected chi connectivity index (χ4v) is 3.73. The Morgan fingerprint density at radius 2 is 1.75 bits per heavy atom. The number of nitrogens with zero attached hydrogens (tertiary/aromatic N) is 1. The molecule has 0 bridgehead atoms. The van der Waals surface area contributed by atoms with Crippen LogP contribution in [0.1, 0.15) is 28.9 Å². The molecule has 0 radical (unpaired) electrons. The Bertz CT molecular complexity index is 1160. The normalized spacial score (nSPS) is 13.7. The molecule has 7 nitrogen and oxygen atoms in total. The molecule has 3 N–H and O–H groups in total. The number of rotatable bonds is 6. The highest BCUT2D eigenvalue weighted by molar-refractivity contribution is 6.36. The largest absolute Gasteiger partial charge is 0.457 e. The first-order valence-electron chi connectivity index (χ1n) is 9.89. The number of nitrogens with one attached hydrogen (secondary N) is 3. The number of urea groups is 1. The number of benzene rings is 2. The van der Waals surface area contributed by atoms with Gasteiger partial charge in [-0.15, -0.1) is 0 Å². The van der Waals surface area contributed by atoms with Crippen LogP contribution in [0.3, 0.4) is 0 Å². The molecule has 0 unspecified atom stereocenters. The van der Waals surface area contributed by atoms with Crippen molar-refractivity contribution in [3.63, 3.8) is 0 Å². The van der Waals surface area contributed by atoms with Gasteiger partial charge in [-0.3, -0.25) is 9.78 Å². The molecular formula is C23H20Cl2N4O3. The van der Waals surface area contributed by atoms with Gasteiger partial charge < -0.3 is 20.7 Å². The zero-order chi connectivity index (χ0) is 22.7. The summed E-state index contributed by atoms with van der Waals surface area (Å²) in [5.74, 6) is 0.826. The third kappa shape index (κ3) is 4.95. The second-order valence-electron chi connectivity index (χ2n) is 7.37. The molecule has 32 heavy (non-hydrogen) atoms. The molecule has 0 saturated heterocycles. The first kappa shape index (κ1) is 21.9. The summed E-state index contributed by atoms with van der Waals surface area (Å²) in [6.45, 7) is 0. The van der Waals surface area contributed by atoms with E-state index in [4.69, 9.17) is 27.9 Å². The maximum absolute atomic E-state index is 12.5. The van der Waals surface area contributed by atoms with Gasteiger partial charge in [0.15, 0.2) is 0 Å². The Morgan fingerprint density at radius 3 is 2.41 bits per heavy atom. The van der Waals surface area contributed by atoms with Gasteiger partial charge in [0, 0.05) is 24.3 Å². The standard InChI is InChI=1S/C23H20Cl2N4O3/c1-26-21(30)20-13-17(8-11-27-20)32-16-5-2-14(3-6-16)23(9-10-23)29-22(31)28-19-7-4-15(24)12-18(19)25/h2-8,11-13H,9-10H2,1H3,(H,26,30)(H2,28,29,31). The average molecular weight is 471 g/mol. The van der Waals surface area contributed by atoms with Gasteiger partial charge in [-0.05, 0) is 54.8 Å². The summed E-state index contributed by atoms with van der Waals surface area (Å²) in [7, 11) is 1.54. The summed E-state index contributed by atoms with van der Waals surface area (Å²) in [6.07, 6.45) is 3.17. The van der Waals surface area contributed by atoms with Gasteiger partial charge >= 0.3 is 6.03 Å². The van der Waals surface area contributed by atoms with E-state index in [0.29, 0.717) is 27.2 Å². The molecule has 4 rings (SSSR count). The molecule has 0 aliphatic heterocycles. The number of amides is 3. The molecule has 2 aromatic carbocycles. The number of carbonyl (C=O) groups excluding carboxylic acids is 2. The van der Waals surface area contributed by atoms with E-state index in [-0.39, 0.29) is 17.6 Å². The topological polar surface area (TPSA) is 92.4 Å². The van der Waals surface area contributed by atoms with Gasteiger partial charge in [-0.2, -0.15) is 0 Å². The predicted molar refractivity (Wildman–Crippen MR) is 124 cm³/mol. The summed E-state index contributed by atoms with van der Waals surface area (Å²) < 4.78 is 5.84. The second-order valence-corrected chi connectivity index (χ2v) is 8.21. The van der Waals surface area contributed by atoms with Crippen molar-refractivity contribution in [3.05, 3.63) is 82.1 Å². The highest BCUT2D eigenvalue weighted by Gasteiger charge is 2.45. The Morgan fingerprint density at radius 1 is 1.00 bits per heavy atom. The summed E-state index contributed by atoms with van der Waals surface area (Å²) in [6, 6.07) is 15.3. The van der Waals surface area contributed by atoms with Crippen molar-refractivity contribution >= 4 is 40.8 Å². The lowest BCUT2D eigenvalue weighted by Gasteiger charge is -2.19. The smallest absolute Gasteiger partial charge is 0.319 e. The van der Waals surface area contributed by atoms with Crippen LogP contribution in [-0.4, -0.2) is 24.0 Å². The van der Waals surface area contributed by atoms with Crippen LogP contribution in [0.4, 0.5) is 10.5 Å². The molecule has 1 aliphatic rings. The van der Waals surface area contributed by atoms with Crippen LogP contribution in [0.25, 0.3) is 0 Å². The Kier molecular flexibility index (Phi) is 6.21. The molecular weight excluding hydrogens is 451 g/mol. The molecule has 9 heteroatoms. The van der Waals surface area contributed by atoms with Crippen LogP contribution in [0.2, 0.25) is 10.0 Å². The molecule has 1 heterocycles. The van der Waals surface area contributed by atoms with Crippen molar-refractivity contribution in [1.82, 2.24) is 15.6 Å². The lowest BCUT2D eigenvalue weighted by molar-refractivity contribution is 0.0958. The van der Waals surface area contributed by atoms with Gasteiger partial charge in [0.2, 0.25) is 0 Å². The minimum atomic E-state index is -0.426. The zero-order valence-corrected chi connectivity index (χ0v) is 18.6. The SMILES string of the molecule is CNC(=O)c1cc(Oc2ccc(C3(NC(=O)Nc4ccc(Cl)cc4Cl)CC3)cc2)ccn1. The van der Waals surface area contributed by atoms with E-state index in [1.54, 1.807) is 37.4 Å². The summed E-state index contributed by atoms with van der Waals surface area (Å²) in [5.41, 5.74) is 1.31. The van der Waals surface area contributed by atoms with Crippen molar-refractivity contribution in [3.8, 4) is 11.5 Å². The van der Waals surface area contributed by atoms with Crippen LogP contribution >= 0.6 is 23.2 Å². The van der Waals surface area contributed by atoms with Crippen molar-refractivity contribution < 1.29 is 14.3 Å². The minimum Gasteiger partial charge on any atom is -0.457 e. The third-order valence-corrected chi connectivity index (χ3v) is 5.66. The number of carbonyl (C=O) groups is 2. The summed E-state index contributed by atoms with van der Waals surface area (Å²) >= 11 is 12.0. The molecule has 1 aromatic heterocycles. The summed E-state index contributed by atoms with van der Waals surface area (Å²) in [4.78, 5) is 28.3. The lowest BCUT2D eigenvalue weighted by atomic mass is 10.1. The van der Waals surface area contributed by atoms with E-state index >= 15 is 0 Å². The van der Waals surface area contributed by atoms with E-state index < -0.39 is 5.54 Å². The predicted octanol–water partition coefficient (Wildman–Crippen LogP) is 5.35. The van der Waals surface area contributed by atoms with E-state index in [1.165, 1.54) is 6.20 Å². The van der Waals surface area contributed by atoms with Crippen molar-refractivity contribution in [2.24, 2.45) is 0 Å². The van der Waals surface area contributed by atoms with E-state index in [0.717, 1.165) is 18.4 Å². The first-order valence-corrected chi connectivity index (χ1v) is 10.6.